The van der Waals surface area contributed by atoms with Crippen molar-refractivity contribution in [3.63, 3.8) is 0 Å². The summed E-state index contributed by atoms with van der Waals surface area (Å²) in [6, 6.07) is 13.9. The molecule has 0 saturated heterocycles. The van der Waals surface area contributed by atoms with Crippen molar-refractivity contribution in [1.29, 1.82) is 0 Å². The summed E-state index contributed by atoms with van der Waals surface area (Å²) in [6.45, 7) is 5.42. The van der Waals surface area contributed by atoms with Gasteiger partial charge in [-0.2, -0.15) is 0 Å². The number of nitrogens with one attached hydrogen (secondary N) is 1. The van der Waals surface area contributed by atoms with Crippen LogP contribution in [-0.2, 0) is 25.9 Å². The molecule has 10 nitrogen and oxygen atoms in total. The van der Waals surface area contributed by atoms with Crippen LogP contribution in [-0.4, -0.2) is 68.8 Å². The molecular weight excluding hydrogens is 532 g/mol. The minimum atomic E-state index is -3.65. The Kier molecular flexibility index (Phi) is 9.38. The van der Waals surface area contributed by atoms with Gasteiger partial charge in [-0.3, -0.25) is 9.59 Å². The summed E-state index contributed by atoms with van der Waals surface area (Å²) < 4.78 is 36.8. The maximum Gasteiger partial charge on any atom is 0.254 e. The summed E-state index contributed by atoms with van der Waals surface area (Å²) in [5.74, 6) is 0.435. The van der Waals surface area contributed by atoms with Crippen LogP contribution in [0.3, 0.4) is 0 Å². The van der Waals surface area contributed by atoms with Crippen LogP contribution in [0, 0.1) is 6.92 Å². The highest BCUT2D eigenvalue weighted by Crippen LogP contribution is 2.30. The van der Waals surface area contributed by atoms with Crippen LogP contribution in [0.4, 0.5) is 5.82 Å². The Bertz CT molecular complexity index is 1470. The fourth-order valence-corrected chi connectivity index (χ4v) is 5.64. The molecule has 1 aromatic heterocycles. The van der Waals surface area contributed by atoms with E-state index in [1.807, 2.05) is 31.2 Å². The molecule has 0 fully saturated rings. The number of hydrogen-bond acceptors (Lipinski definition) is 8. The molecule has 0 aliphatic carbocycles. The molecule has 0 unspecified atom stereocenters. The lowest BCUT2D eigenvalue weighted by atomic mass is 10.0. The number of carbonyl (C=O) groups excluding carboxylic acids is 2. The van der Waals surface area contributed by atoms with E-state index in [0.29, 0.717) is 55.6 Å². The van der Waals surface area contributed by atoms with Gasteiger partial charge in [0.1, 0.15) is 18.2 Å². The molecule has 3 N–H and O–H groups in total. The number of hydrogen-bond donors (Lipinski definition) is 2. The lowest BCUT2D eigenvalue weighted by Gasteiger charge is -2.21. The van der Waals surface area contributed by atoms with Gasteiger partial charge in [0.05, 0.1) is 23.8 Å². The quantitative estimate of drug-likeness (QED) is 0.357. The van der Waals surface area contributed by atoms with E-state index < -0.39 is 9.84 Å². The third-order valence-electron chi connectivity index (χ3n) is 6.61. The van der Waals surface area contributed by atoms with Crippen molar-refractivity contribution in [2.75, 3.05) is 44.4 Å². The van der Waals surface area contributed by atoms with Crippen molar-refractivity contribution < 1.29 is 27.5 Å². The van der Waals surface area contributed by atoms with Gasteiger partial charge in [-0.15, -0.1) is 0 Å². The van der Waals surface area contributed by atoms with Crippen molar-refractivity contribution in [2.24, 2.45) is 0 Å². The van der Waals surface area contributed by atoms with Gasteiger partial charge in [0.15, 0.2) is 9.84 Å². The topological polar surface area (TPSA) is 141 Å². The number of benzene rings is 2. The Morgan fingerprint density at radius 3 is 2.65 bits per heavy atom. The van der Waals surface area contributed by atoms with Crippen LogP contribution in [0.1, 0.15) is 34.8 Å². The molecule has 212 valence electrons. The number of aromatic nitrogens is 1. The van der Waals surface area contributed by atoms with Gasteiger partial charge in [-0.25, -0.2) is 13.4 Å². The Labute approximate surface area is 234 Å². The number of ether oxygens (including phenoxy) is 2. The van der Waals surface area contributed by atoms with Crippen LogP contribution in [0.2, 0.25) is 0 Å². The minimum Gasteiger partial charge on any atom is -0.491 e. The largest absolute Gasteiger partial charge is 0.491 e. The van der Waals surface area contributed by atoms with E-state index in [4.69, 9.17) is 15.2 Å². The molecule has 2 aromatic carbocycles. The molecule has 0 saturated carbocycles. The van der Waals surface area contributed by atoms with E-state index in [0.717, 1.165) is 16.7 Å². The zero-order chi connectivity index (χ0) is 28.7. The highest BCUT2D eigenvalue weighted by atomic mass is 32.2. The molecule has 0 spiro atoms. The third kappa shape index (κ3) is 7.16. The maximum atomic E-state index is 13.5. The number of rotatable bonds is 10. The lowest BCUT2D eigenvalue weighted by molar-refractivity contribution is -0.122. The first-order chi connectivity index (χ1) is 19.2. The third-order valence-corrected chi connectivity index (χ3v) is 8.32. The molecule has 4 rings (SSSR count). The molecule has 40 heavy (non-hydrogen) atoms. The minimum absolute atomic E-state index is 0.00533. The molecular formula is C29H34N4O6S. The number of carbonyl (C=O) groups is 2. The van der Waals surface area contributed by atoms with Crippen LogP contribution < -0.4 is 15.8 Å². The average Bonchev–Trinajstić information content (AvgIpc) is 3.15. The van der Waals surface area contributed by atoms with Crippen molar-refractivity contribution in [2.45, 2.75) is 31.7 Å². The van der Waals surface area contributed by atoms with Gasteiger partial charge in [0.25, 0.3) is 5.91 Å². The Morgan fingerprint density at radius 2 is 1.93 bits per heavy atom. The van der Waals surface area contributed by atoms with E-state index >= 15 is 0 Å². The van der Waals surface area contributed by atoms with Crippen LogP contribution in [0.15, 0.2) is 59.6 Å². The number of pyridine rings is 1. The fourth-order valence-electron chi connectivity index (χ4n) is 4.40. The molecule has 2 amide bonds. The normalized spacial score (nSPS) is 13.2. The number of fused-ring (bicyclic) bond motifs is 1. The molecule has 1 aliphatic heterocycles. The number of anilines is 1. The smallest absolute Gasteiger partial charge is 0.254 e. The van der Waals surface area contributed by atoms with Crippen LogP contribution in [0.25, 0.3) is 11.1 Å². The van der Waals surface area contributed by atoms with Gasteiger partial charge in [0, 0.05) is 49.0 Å². The average molecular weight is 567 g/mol. The number of aryl methyl sites for hydroxylation is 1. The standard InChI is InChI=1S/C29H34N4O6S/c1-3-38-13-10-28(34)31-11-15-40(36,37)24-6-7-25(20(2)16-24)29(35)33-12-14-39-26-8-4-21(17-23(26)19-33)22-5-9-27(30)32-18-22/h4-9,16-18H,3,10-15,19H2,1-2H3,(H2,30,32)(H,31,34). The van der Waals surface area contributed by atoms with Gasteiger partial charge in [-0.05, 0) is 67.4 Å². The van der Waals surface area contributed by atoms with Gasteiger partial charge in [0.2, 0.25) is 5.91 Å². The predicted molar refractivity (Wildman–Crippen MR) is 152 cm³/mol. The number of amides is 2. The SMILES string of the molecule is CCOCCC(=O)NCCS(=O)(=O)c1ccc(C(=O)N2CCOc3ccc(-c4ccc(N)nc4)cc3C2)c(C)c1. The van der Waals surface area contributed by atoms with E-state index in [-0.39, 0.29) is 35.4 Å². The monoisotopic (exact) mass is 566 g/mol. The van der Waals surface area contributed by atoms with E-state index in [9.17, 15) is 18.0 Å². The van der Waals surface area contributed by atoms with Crippen molar-refractivity contribution in [3.05, 3.63) is 71.4 Å². The van der Waals surface area contributed by atoms with Crippen LogP contribution in [0.5, 0.6) is 5.75 Å². The first-order valence-electron chi connectivity index (χ1n) is 13.1. The molecule has 11 heteroatoms. The van der Waals surface area contributed by atoms with Crippen molar-refractivity contribution in [1.82, 2.24) is 15.2 Å². The van der Waals surface area contributed by atoms with Gasteiger partial charge in [-0.1, -0.05) is 6.07 Å². The number of nitrogens with two attached hydrogens (primary N) is 1. The predicted octanol–water partition coefficient (Wildman–Crippen LogP) is 2.99. The summed E-state index contributed by atoms with van der Waals surface area (Å²) in [5.41, 5.74) is 9.38. The molecule has 1 aliphatic rings. The Hall–Kier alpha value is -3.96. The van der Waals surface area contributed by atoms with Crippen molar-refractivity contribution >= 4 is 27.5 Å². The van der Waals surface area contributed by atoms with Crippen LogP contribution >= 0.6 is 0 Å². The summed E-state index contributed by atoms with van der Waals surface area (Å²) in [7, 11) is -3.65. The second-order valence-corrected chi connectivity index (χ2v) is 11.6. The van der Waals surface area contributed by atoms with Crippen molar-refractivity contribution in [3.8, 4) is 16.9 Å². The van der Waals surface area contributed by atoms with E-state index in [2.05, 4.69) is 10.3 Å². The van der Waals surface area contributed by atoms with Gasteiger partial charge < -0.3 is 25.4 Å². The maximum absolute atomic E-state index is 13.5. The lowest BCUT2D eigenvalue weighted by Crippen LogP contribution is -2.33. The Morgan fingerprint density at radius 1 is 1.12 bits per heavy atom. The molecule has 3 aromatic rings. The van der Waals surface area contributed by atoms with E-state index in [1.165, 1.54) is 12.1 Å². The second-order valence-electron chi connectivity index (χ2n) is 9.46. The number of sulfone groups is 1. The zero-order valence-corrected chi connectivity index (χ0v) is 23.5. The molecule has 2 heterocycles. The first kappa shape index (κ1) is 29.0. The van der Waals surface area contributed by atoms with Gasteiger partial charge >= 0.3 is 0 Å². The summed E-state index contributed by atoms with van der Waals surface area (Å²) in [5, 5.41) is 2.61. The van der Waals surface area contributed by atoms with E-state index in [1.54, 1.807) is 30.2 Å². The number of nitrogens with zero attached hydrogens (tertiary/aromatic N) is 2. The highest BCUT2D eigenvalue weighted by molar-refractivity contribution is 7.91. The summed E-state index contributed by atoms with van der Waals surface area (Å²) >= 11 is 0. The second kappa shape index (κ2) is 12.9. The molecule has 0 bridgehead atoms. The number of nitrogen functional groups attached to an aromatic ring is 1. The zero-order valence-electron chi connectivity index (χ0n) is 22.7. The molecule has 0 radical (unpaired) electrons. The fraction of sp³-hybridized carbons (Fsp3) is 0.345. The highest BCUT2D eigenvalue weighted by Gasteiger charge is 2.24. The summed E-state index contributed by atoms with van der Waals surface area (Å²) in [6.07, 6.45) is 1.88. The first-order valence-corrected chi connectivity index (χ1v) is 14.8. The molecule has 0 atom stereocenters. The summed E-state index contributed by atoms with van der Waals surface area (Å²) in [4.78, 5) is 31.3. The Balaban J connectivity index is 1.44.